The van der Waals surface area contributed by atoms with Crippen molar-refractivity contribution in [3.8, 4) is 22.6 Å². The Hall–Kier alpha value is -1.96. The molecule has 0 spiro atoms. The van der Waals surface area contributed by atoms with Gasteiger partial charge in [0, 0.05) is 11.6 Å². The summed E-state index contributed by atoms with van der Waals surface area (Å²) in [6.45, 7) is 5.25. The summed E-state index contributed by atoms with van der Waals surface area (Å²) in [6.07, 6.45) is 0. The second-order valence-electron chi connectivity index (χ2n) is 3.81. The molecule has 0 unspecified atom stereocenters. The van der Waals surface area contributed by atoms with E-state index in [0.29, 0.717) is 13.2 Å². The number of rotatable bonds is 5. The van der Waals surface area contributed by atoms with Crippen LogP contribution in [-0.2, 0) is 0 Å². The molecule has 2 nitrogen and oxygen atoms in total. The van der Waals surface area contributed by atoms with E-state index in [4.69, 9.17) is 9.47 Å². The molecule has 0 fully saturated rings. The topological polar surface area (TPSA) is 18.5 Å². The van der Waals surface area contributed by atoms with Crippen LogP contribution < -0.4 is 9.47 Å². The van der Waals surface area contributed by atoms with Gasteiger partial charge >= 0.3 is 0 Å². The van der Waals surface area contributed by atoms with Crippen LogP contribution in [0.15, 0.2) is 42.5 Å². The summed E-state index contributed by atoms with van der Waals surface area (Å²) in [5.41, 5.74) is 2.20. The fraction of sp³-hybridized carbons (Fsp3) is 0.250. The van der Waals surface area contributed by atoms with Crippen LogP contribution in [0.2, 0.25) is 0 Å². The monoisotopic (exact) mass is 241 g/mol. The highest BCUT2D eigenvalue weighted by atomic mass is 16.5. The lowest BCUT2D eigenvalue weighted by Gasteiger charge is -2.12. The maximum Gasteiger partial charge on any atom is 0.130 e. The lowest BCUT2D eigenvalue weighted by atomic mass is 10.0. The first kappa shape index (κ1) is 12.5. The minimum absolute atomic E-state index is 0.640. The summed E-state index contributed by atoms with van der Waals surface area (Å²) in [4.78, 5) is 0. The highest BCUT2D eigenvalue weighted by Gasteiger charge is 2.07. The van der Waals surface area contributed by atoms with E-state index in [1.54, 1.807) is 0 Å². The van der Waals surface area contributed by atoms with Gasteiger partial charge in [-0.1, -0.05) is 24.3 Å². The van der Waals surface area contributed by atoms with Gasteiger partial charge in [-0.2, -0.15) is 0 Å². The molecule has 0 bridgehead atoms. The Balaban J connectivity index is 2.40. The van der Waals surface area contributed by atoms with Gasteiger partial charge in [-0.3, -0.25) is 0 Å². The first-order valence-corrected chi connectivity index (χ1v) is 6.21. The van der Waals surface area contributed by atoms with E-state index in [2.05, 4.69) is 6.07 Å². The highest BCUT2D eigenvalue weighted by Crippen LogP contribution is 2.33. The van der Waals surface area contributed by atoms with Gasteiger partial charge in [0.2, 0.25) is 0 Å². The zero-order chi connectivity index (χ0) is 12.8. The fourth-order valence-electron chi connectivity index (χ4n) is 1.84. The van der Waals surface area contributed by atoms with E-state index in [1.165, 1.54) is 0 Å². The number of hydrogen-bond acceptors (Lipinski definition) is 2. The molecular weight excluding hydrogens is 224 g/mol. The Morgan fingerprint density at radius 2 is 1.67 bits per heavy atom. The van der Waals surface area contributed by atoms with Crippen molar-refractivity contribution in [1.82, 2.24) is 0 Å². The maximum absolute atomic E-state index is 5.69. The first-order chi connectivity index (χ1) is 8.85. The Kier molecular flexibility index (Phi) is 4.24. The van der Waals surface area contributed by atoms with Crippen LogP contribution in [0, 0.1) is 6.07 Å². The van der Waals surface area contributed by atoms with Gasteiger partial charge < -0.3 is 9.47 Å². The predicted octanol–water partition coefficient (Wildman–Crippen LogP) is 3.95. The van der Waals surface area contributed by atoms with Crippen LogP contribution >= 0.6 is 0 Å². The molecule has 0 aliphatic heterocycles. The molecule has 2 aromatic rings. The molecule has 0 saturated carbocycles. The molecule has 0 atom stereocenters. The van der Waals surface area contributed by atoms with Crippen molar-refractivity contribution >= 4 is 0 Å². The molecule has 0 aliphatic carbocycles. The van der Waals surface area contributed by atoms with Crippen molar-refractivity contribution in [2.45, 2.75) is 13.8 Å². The number of hydrogen-bond donors (Lipinski definition) is 0. The van der Waals surface area contributed by atoms with Gasteiger partial charge in [-0.25, -0.2) is 0 Å². The zero-order valence-corrected chi connectivity index (χ0v) is 10.8. The van der Waals surface area contributed by atoms with Gasteiger partial charge in [0.15, 0.2) is 0 Å². The summed E-state index contributed by atoms with van der Waals surface area (Å²) in [5, 5.41) is 0. The van der Waals surface area contributed by atoms with Crippen LogP contribution in [0.1, 0.15) is 13.8 Å². The van der Waals surface area contributed by atoms with Gasteiger partial charge in [0.25, 0.3) is 0 Å². The van der Waals surface area contributed by atoms with Crippen molar-refractivity contribution in [2.24, 2.45) is 0 Å². The van der Waals surface area contributed by atoms with Crippen LogP contribution in [0.25, 0.3) is 11.1 Å². The van der Waals surface area contributed by atoms with Crippen LogP contribution in [0.5, 0.6) is 11.5 Å². The third kappa shape index (κ3) is 2.83. The molecule has 2 rings (SSSR count). The Labute approximate surface area is 108 Å². The molecule has 0 amide bonds. The van der Waals surface area contributed by atoms with E-state index >= 15 is 0 Å². The second kappa shape index (κ2) is 6.10. The first-order valence-electron chi connectivity index (χ1n) is 6.21. The number of benzene rings is 2. The van der Waals surface area contributed by atoms with Crippen LogP contribution in [-0.4, -0.2) is 13.2 Å². The molecule has 0 heterocycles. The molecule has 0 aromatic heterocycles. The Bertz CT molecular complexity index is 492. The van der Waals surface area contributed by atoms with E-state index < -0.39 is 0 Å². The van der Waals surface area contributed by atoms with E-state index in [1.807, 2.05) is 56.3 Å². The third-order valence-electron chi connectivity index (χ3n) is 2.59. The molecule has 2 aromatic carbocycles. The van der Waals surface area contributed by atoms with E-state index in [0.717, 1.165) is 22.6 Å². The van der Waals surface area contributed by atoms with Crippen LogP contribution in [0.4, 0.5) is 0 Å². The van der Waals surface area contributed by atoms with E-state index in [9.17, 15) is 0 Å². The SMILES string of the molecule is CCOc1ccc(-c2cc[c]cc2)c(OCC)c1. The largest absolute Gasteiger partial charge is 0.494 e. The molecular formula is C16H17O2. The predicted molar refractivity (Wildman–Crippen MR) is 73.1 cm³/mol. The van der Waals surface area contributed by atoms with Crippen molar-refractivity contribution in [2.75, 3.05) is 13.2 Å². The quantitative estimate of drug-likeness (QED) is 0.789. The molecule has 0 aliphatic rings. The summed E-state index contributed by atoms with van der Waals surface area (Å²) >= 11 is 0. The summed E-state index contributed by atoms with van der Waals surface area (Å²) in [7, 11) is 0. The van der Waals surface area contributed by atoms with Gasteiger partial charge in [0.1, 0.15) is 11.5 Å². The second-order valence-corrected chi connectivity index (χ2v) is 3.81. The molecule has 18 heavy (non-hydrogen) atoms. The summed E-state index contributed by atoms with van der Waals surface area (Å²) in [5.74, 6) is 1.70. The smallest absolute Gasteiger partial charge is 0.130 e. The molecule has 1 radical (unpaired) electrons. The minimum Gasteiger partial charge on any atom is -0.494 e. The average molecular weight is 241 g/mol. The lowest BCUT2D eigenvalue weighted by Crippen LogP contribution is -1.96. The van der Waals surface area contributed by atoms with Crippen molar-refractivity contribution in [1.29, 1.82) is 0 Å². The van der Waals surface area contributed by atoms with Gasteiger partial charge in [-0.05, 0) is 37.6 Å². The summed E-state index contributed by atoms with van der Waals surface area (Å²) in [6, 6.07) is 16.8. The van der Waals surface area contributed by atoms with Gasteiger partial charge in [0.05, 0.1) is 13.2 Å². The molecule has 2 heteroatoms. The standard InChI is InChI=1S/C16H17O2/c1-3-17-14-10-11-15(16(12-14)18-4-2)13-8-6-5-7-9-13/h6-12H,3-4H2,1-2H3. The lowest BCUT2D eigenvalue weighted by molar-refractivity contribution is 0.324. The van der Waals surface area contributed by atoms with Crippen LogP contribution in [0.3, 0.4) is 0 Å². The van der Waals surface area contributed by atoms with Crippen molar-refractivity contribution < 1.29 is 9.47 Å². The van der Waals surface area contributed by atoms with E-state index in [-0.39, 0.29) is 0 Å². The molecule has 0 N–H and O–H groups in total. The average Bonchev–Trinajstić information content (AvgIpc) is 2.41. The fourth-order valence-corrected chi connectivity index (χ4v) is 1.84. The molecule has 0 saturated heterocycles. The van der Waals surface area contributed by atoms with Crippen molar-refractivity contribution in [3.63, 3.8) is 0 Å². The van der Waals surface area contributed by atoms with Crippen molar-refractivity contribution in [3.05, 3.63) is 48.5 Å². The normalized spacial score (nSPS) is 10.1. The maximum atomic E-state index is 5.69. The zero-order valence-electron chi connectivity index (χ0n) is 10.8. The Morgan fingerprint density at radius 3 is 2.33 bits per heavy atom. The minimum atomic E-state index is 0.640. The summed E-state index contributed by atoms with van der Waals surface area (Å²) < 4.78 is 11.2. The molecule has 93 valence electrons. The third-order valence-corrected chi connectivity index (χ3v) is 2.59. The highest BCUT2D eigenvalue weighted by molar-refractivity contribution is 5.71. The van der Waals surface area contributed by atoms with Gasteiger partial charge in [-0.15, -0.1) is 0 Å². The Morgan fingerprint density at radius 1 is 0.944 bits per heavy atom. The number of ether oxygens (including phenoxy) is 2.